The molecule has 0 spiro atoms. The maximum absolute atomic E-state index is 12.9. The summed E-state index contributed by atoms with van der Waals surface area (Å²) in [7, 11) is 0. The first-order valence-corrected chi connectivity index (χ1v) is 10.2. The second-order valence-electron chi connectivity index (χ2n) is 7.25. The molecule has 1 aliphatic rings. The van der Waals surface area contributed by atoms with Crippen molar-refractivity contribution in [2.75, 3.05) is 10.2 Å². The highest BCUT2D eigenvalue weighted by Gasteiger charge is 2.39. The molecule has 4 rings (SSSR count). The van der Waals surface area contributed by atoms with Crippen molar-refractivity contribution in [3.8, 4) is 5.75 Å². The van der Waals surface area contributed by atoms with E-state index in [-0.39, 0.29) is 16.3 Å². The average molecular weight is 461 g/mol. The zero-order valence-electron chi connectivity index (χ0n) is 17.4. The van der Waals surface area contributed by atoms with Gasteiger partial charge in [0.25, 0.3) is 11.8 Å². The first kappa shape index (κ1) is 22.0. The summed E-state index contributed by atoms with van der Waals surface area (Å²) in [5, 5.41) is 2.65. The summed E-state index contributed by atoms with van der Waals surface area (Å²) in [6.07, 6.45) is 0.696. The first-order chi connectivity index (χ1) is 15.9. The zero-order chi connectivity index (χ0) is 23.5. The van der Waals surface area contributed by atoms with Gasteiger partial charge in [-0.05, 0) is 73.2 Å². The van der Waals surface area contributed by atoms with Gasteiger partial charge in [-0.25, -0.2) is 9.69 Å². The molecule has 1 aliphatic heterocycles. The molecule has 0 radical (unpaired) electrons. The van der Waals surface area contributed by atoms with Crippen LogP contribution in [0.3, 0.4) is 0 Å². The van der Waals surface area contributed by atoms with Crippen molar-refractivity contribution in [2.24, 2.45) is 0 Å². The van der Waals surface area contributed by atoms with Gasteiger partial charge < -0.3 is 10.1 Å². The van der Waals surface area contributed by atoms with Crippen molar-refractivity contribution in [1.29, 1.82) is 0 Å². The lowest BCUT2D eigenvalue weighted by Gasteiger charge is -2.15. The molecule has 164 valence electrons. The van der Waals surface area contributed by atoms with E-state index in [0.29, 0.717) is 29.0 Å². The van der Waals surface area contributed by atoms with Gasteiger partial charge in [0, 0.05) is 11.3 Å². The summed E-state index contributed by atoms with van der Waals surface area (Å²) in [5.41, 5.74) is 2.48. The summed E-state index contributed by atoms with van der Waals surface area (Å²) >= 11 is 6.16. The number of aldehydes is 1. The summed E-state index contributed by atoms with van der Waals surface area (Å²) in [6, 6.07) is 19.3. The lowest BCUT2D eigenvalue weighted by Crippen LogP contribution is -2.32. The van der Waals surface area contributed by atoms with E-state index in [1.807, 2.05) is 13.0 Å². The Kier molecular flexibility index (Phi) is 6.06. The Morgan fingerprint density at radius 3 is 2.30 bits per heavy atom. The second kappa shape index (κ2) is 9.10. The standard InChI is InChI=1S/C25H17ClN2O5/c1-15-3-2-4-19(13-15)28-23(30)21(26)22(24(28)31)27-18-9-7-17(8-10-18)25(32)33-20-11-5-16(14-29)6-12-20/h2-14,27H,1H3. The minimum atomic E-state index is -0.615. The number of nitrogens with zero attached hydrogens (tertiary/aromatic N) is 1. The van der Waals surface area contributed by atoms with Crippen LogP contribution in [0.4, 0.5) is 11.4 Å². The highest BCUT2D eigenvalue weighted by molar-refractivity contribution is 6.53. The monoisotopic (exact) mass is 460 g/mol. The number of anilines is 2. The predicted octanol–water partition coefficient (Wildman–Crippen LogP) is 4.46. The predicted molar refractivity (Wildman–Crippen MR) is 123 cm³/mol. The number of imide groups is 1. The Morgan fingerprint density at radius 1 is 0.970 bits per heavy atom. The number of benzene rings is 3. The van der Waals surface area contributed by atoms with Crippen molar-refractivity contribution >= 4 is 47.0 Å². The molecule has 2 amide bonds. The van der Waals surface area contributed by atoms with Gasteiger partial charge >= 0.3 is 5.97 Å². The summed E-state index contributed by atoms with van der Waals surface area (Å²) in [6.45, 7) is 1.86. The number of esters is 1. The average Bonchev–Trinajstić information content (AvgIpc) is 3.03. The Morgan fingerprint density at radius 2 is 1.67 bits per heavy atom. The number of rotatable bonds is 6. The van der Waals surface area contributed by atoms with Crippen LogP contribution >= 0.6 is 11.6 Å². The number of ether oxygens (including phenoxy) is 1. The maximum atomic E-state index is 12.9. The minimum Gasteiger partial charge on any atom is -0.423 e. The van der Waals surface area contributed by atoms with Gasteiger partial charge in [0.2, 0.25) is 0 Å². The lowest BCUT2D eigenvalue weighted by atomic mass is 10.2. The van der Waals surface area contributed by atoms with E-state index in [1.54, 1.807) is 42.5 Å². The van der Waals surface area contributed by atoms with E-state index in [0.717, 1.165) is 10.5 Å². The Hall–Kier alpha value is -4.23. The summed E-state index contributed by atoms with van der Waals surface area (Å²) in [4.78, 5) is 49.5. The molecular formula is C25H17ClN2O5. The SMILES string of the molecule is Cc1cccc(N2C(=O)C(Cl)=C(Nc3ccc(C(=O)Oc4ccc(C=O)cc4)cc3)C2=O)c1. The van der Waals surface area contributed by atoms with Crippen molar-refractivity contribution < 1.29 is 23.9 Å². The molecule has 0 aromatic heterocycles. The molecule has 0 bridgehead atoms. The first-order valence-electron chi connectivity index (χ1n) is 9.87. The molecule has 3 aromatic rings. The minimum absolute atomic E-state index is 0.0474. The fourth-order valence-electron chi connectivity index (χ4n) is 3.23. The number of carbonyl (C=O) groups excluding carboxylic acids is 4. The molecule has 1 heterocycles. The molecule has 3 aromatic carbocycles. The van der Waals surface area contributed by atoms with Gasteiger partial charge in [0.1, 0.15) is 22.8 Å². The van der Waals surface area contributed by atoms with Crippen LogP contribution in [0.5, 0.6) is 5.75 Å². The Balaban J connectivity index is 1.47. The van der Waals surface area contributed by atoms with Crippen LogP contribution in [0.15, 0.2) is 83.5 Å². The number of carbonyl (C=O) groups is 4. The topological polar surface area (TPSA) is 92.8 Å². The summed E-state index contributed by atoms with van der Waals surface area (Å²) < 4.78 is 5.28. The van der Waals surface area contributed by atoms with E-state index in [9.17, 15) is 19.2 Å². The third-order valence-corrected chi connectivity index (χ3v) is 5.25. The molecule has 33 heavy (non-hydrogen) atoms. The molecule has 0 aliphatic carbocycles. The normalized spacial score (nSPS) is 13.3. The van der Waals surface area contributed by atoms with Crippen LogP contribution in [0, 0.1) is 6.92 Å². The second-order valence-corrected chi connectivity index (χ2v) is 7.63. The molecule has 0 fully saturated rings. The van der Waals surface area contributed by atoms with Crippen LogP contribution in [0.2, 0.25) is 0 Å². The zero-order valence-corrected chi connectivity index (χ0v) is 18.1. The largest absolute Gasteiger partial charge is 0.423 e. The van der Waals surface area contributed by atoms with Gasteiger partial charge in [-0.1, -0.05) is 23.7 Å². The number of nitrogens with one attached hydrogen (secondary N) is 1. The number of halogens is 1. The van der Waals surface area contributed by atoms with E-state index in [1.165, 1.54) is 24.3 Å². The van der Waals surface area contributed by atoms with Gasteiger partial charge in [-0.2, -0.15) is 0 Å². The lowest BCUT2D eigenvalue weighted by molar-refractivity contribution is -0.120. The highest BCUT2D eigenvalue weighted by atomic mass is 35.5. The van der Waals surface area contributed by atoms with Gasteiger partial charge in [0.15, 0.2) is 0 Å². The van der Waals surface area contributed by atoms with Crippen LogP contribution < -0.4 is 15.0 Å². The van der Waals surface area contributed by atoms with Gasteiger partial charge in [-0.3, -0.25) is 14.4 Å². The fraction of sp³-hybridized carbons (Fsp3) is 0.0400. The molecule has 0 saturated heterocycles. The molecule has 7 nitrogen and oxygen atoms in total. The van der Waals surface area contributed by atoms with Crippen LogP contribution in [-0.4, -0.2) is 24.1 Å². The third kappa shape index (κ3) is 4.53. The van der Waals surface area contributed by atoms with Crippen LogP contribution in [0.25, 0.3) is 0 Å². The smallest absolute Gasteiger partial charge is 0.343 e. The van der Waals surface area contributed by atoms with Crippen molar-refractivity contribution in [3.05, 3.63) is 100 Å². The van der Waals surface area contributed by atoms with Crippen molar-refractivity contribution in [1.82, 2.24) is 0 Å². The molecule has 0 unspecified atom stereocenters. The van der Waals surface area contributed by atoms with Crippen LogP contribution in [-0.2, 0) is 9.59 Å². The molecule has 0 atom stereocenters. The van der Waals surface area contributed by atoms with Gasteiger partial charge in [-0.15, -0.1) is 0 Å². The quantitative estimate of drug-likeness (QED) is 0.252. The van der Waals surface area contributed by atoms with E-state index in [2.05, 4.69) is 5.32 Å². The van der Waals surface area contributed by atoms with E-state index < -0.39 is 17.8 Å². The highest BCUT2D eigenvalue weighted by Crippen LogP contribution is 2.30. The van der Waals surface area contributed by atoms with Crippen molar-refractivity contribution in [2.45, 2.75) is 6.92 Å². The Labute approximate surface area is 194 Å². The van der Waals surface area contributed by atoms with Crippen LogP contribution in [0.1, 0.15) is 26.3 Å². The molecule has 0 saturated carbocycles. The maximum Gasteiger partial charge on any atom is 0.343 e. The number of hydrogen-bond donors (Lipinski definition) is 1. The molecule has 8 heteroatoms. The number of hydrogen-bond acceptors (Lipinski definition) is 6. The fourth-order valence-corrected chi connectivity index (χ4v) is 3.44. The van der Waals surface area contributed by atoms with E-state index >= 15 is 0 Å². The third-order valence-electron chi connectivity index (χ3n) is 4.90. The Bertz CT molecular complexity index is 1300. The van der Waals surface area contributed by atoms with Crippen molar-refractivity contribution in [3.63, 3.8) is 0 Å². The van der Waals surface area contributed by atoms with Gasteiger partial charge in [0.05, 0.1) is 11.3 Å². The molecular weight excluding hydrogens is 444 g/mol. The number of aryl methyl sites for hydroxylation is 1. The summed E-state index contributed by atoms with van der Waals surface area (Å²) in [5.74, 6) is -1.47. The number of amides is 2. The van der Waals surface area contributed by atoms with E-state index in [4.69, 9.17) is 16.3 Å². The molecule has 1 N–H and O–H groups in total.